The number of nitrogens with two attached hydrogens (primary N) is 1. The second kappa shape index (κ2) is 13.5. The van der Waals surface area contributed by atoms with Crippen LogP contribution in [0.3, 0.4) is 0 Å². The van der Waals surface area contributed by atoms with Crippen LogP contribution in [-0.2, 0) is 23.9 Å². The number of hydrogen-bond acceptors (Lipinski definition) is 6. The molecule has 0 atom stereocenters. The molecule has 1 amide bonds. The lowest BCUT2D eigenvalue weighted by Crippen LogP contribution is -2.39. The third kappa shape index (κ3) is 7.13. The van der Waals surface area contributed by atoms with Gasteiger partial charge in [-0.15, -0.1) is 0 Å². The standard InChI is InChI=1S/C32H33ClF3N5O3/c1-20-4-6-24(39-30(42)21-5-7-28(33)27(16-21)32(34,35)36)17-25(20)26-15-22-19-38-23(3-2-8-37)18-29(22)41(31(26)43)10-9-40-11-13-44-14-12-40/h4-7,15-19H,2-3,8-14,37H2,1H3,(H,39,42). The highest BCUT2D eigenvalue weighted by Crippen LogP contribution is 2.35. The number of ether oxygens (including phenoxy) is 1. The van der Waals surface area contributed by atoms with Gasteiger partial charge in [-0.3, -0.25) is 19.5 Å². The molecule has 1 aliphatic rings. The SMILES string of the molecule is Cc1ccc(NC(=O)c2ccc(Cl)c(C(F)(F)F)c2)cc1-c1cc2cnc(CCCN)cc2n(CCN2CCOCC2)c1=O. The largest absolute Gasteiger partial charge is 0.417 e. The van der Waals surface area contributed by atoms with Crippen molar-refractivity contribution in [2.45, 2.75) is 32.5 Å². The van der Waals surface area contributed by atoms with E-state index < -0.39 is 22.7 Å². The zero-order valence-electron chi connectivity index (χ0n) is 24.2. The van der Waals surface area contributed by atoms with Gasteiger partial charge in [0.15, 0.2) is 0 Å². The summed E-state index contributed by atoms with van der Waals surface area (Å²) in [6, 6.07) is 11.8. The van der Waals surface area contributed by atoms with Crippen LogP contribution in [0.15, 0.2) is 59.5 Å². The highest BCUT2D eigenvalue weighted by molar-refractivity contribution is 6.31. The van der Waals surface area contributed by atoms with Crippen molar-refractivity contribution in [1.29, 1.82) is 0 Å². The maximum Gasteiger partial charge on any atom is 0.417 e. The van der Waals surface area contributed by atoms with Crippen LogP contribution in [-0.4, -0.2) is 59.8 Å². The van der Waals surface area contributed by atoms with Crippen molar-refractivity contribution >= 4 is 34.1 Å². The molecule has 3 N–H and O–H groups in total. The predicted octanol–water partition coefficient (Wildman–Crippen LogP) is 5.52. The first kappa shape index (κ1) is 31.6. The van der Waals surface area contributed by atoms with Gasteiger partial charge in [-0.05, 0) is 79.9 Å². The molecule has 5 rings (SSSR count). The highest BCUT2D eigenvalue weighted by atomic mass is 35.5. The monoisotopic (exact) mass is 627 g/mol. The van der Waals surface area contributed by atoms with E-state index in [0.717, 1.165) is 53.8 Å². The molecule has 2 aromatic heterocycles. The fourth-order valence-corrected chi connectivity index (χ4v) is 5.52. The number of rotatable bonds is 9. The molecule has 2 aromatic carbocycles. The van der Waals surface area contributed by atoms with Gasteiger partial charge in [0.1, 0.15) is 0 Å². The van der Waals surface area contributed by atoms with Gasteiger partial charge in [-0.25, -0.2) is 0 Å². The van der Waals surface area contributed by atoms with Crippen molar-refractivity contribution < 1.29 is 22.7 Å². The fourth-order valence-electron chi connectivity index (χ4n) is 5.29. The molecule has 1 fully saturated rings. The molecule has 0 aliphatic carbocycles. The quantitative estimate of drug-likeness (QED) is 0.253. The van der Waals surface area contributed by atoms with Gasteiger partial charge in [-0.1, -0.05) is 17.7 Å². The van der Waals surface area contributed by atoms with Crippen LogP contribution in [0.4, 0.5) is 18.9 Å². The van der Waals surface area contributed by atoms with Crippen molar-refractivity contribution in [3.8, 4) is 11.1 Å². The van der Waals surface area contributed by atoms with Crippen LogP contribution in [0.1, 0.15) is 33.6 Å². The molecule has 1 aliphatic heterocycles. The molecule has 0 radical (unpaired) electrons. The van der Waals surface area contributed by atoms with Gasteiger partial charge in [0, 0.05) is 60.3 Å². The van der Waals surface area contributed by atoms with Crippen LogP contribution in [0.25, 0.3) is 22.0 Å². The van der Waals surface area contributed by atoms with Gasteiger partial charge in [0.2, 0.25) is 0 Å². The first-order valence-corrected chi connectivity index (χ1v) is 14.7. The van der Waals surface area contributed by atoms with E-state index in [4.69, 9.17) is 22.1 Å². The molecule has 3 heterocycles. The summed E-state index contributed by atoms with van der Waals surface area (Å²) in [5.41, 5.74) is 7.98. The number of amides is 1. The Balaban J connectivity index is 1.51. The Labute approximate surface area is 257 Å². The minimum absolute atomic E-state index is 0.194. The molecule has 232 valence electrons. The normalized spacial score (nSPS) is 14.2. The average Bonchev–Trinajstić information content (AvgIpc) is 3.00. The van der Waals surface area contributed by atoms with E-state index in [9.17, 15) is 22.8 Å². The van der Waals surface area contributed by atoms with Crippen molar-refractivity contribution in [3.05, 3.63) is 92.5 Å². The molecule has 0 spiro atoms. The van der Waals surface area contributed by atoms with Crippen molar-refractivity contribution in [1.82, 2.24) is 14.5 Å². The summed E-state index contributed by atoms with van der Waals surface area (Å²) in [7, 11) is 0. The number of alkyl halides is 3. The topological polar surface area (TPSA) is 102 Å². The second-order valence-electron chi connectivity index (χ2n) is 10.8. The van der Waals surface area contributed by atoms with E-state index in [1.807, 2.05) is 13.0 Å². The van der Waals surface area contributed by atoms with Crippen molar-refractivity contribution in [2.75, 3.05) is 44.7 Å². The predicted molar refractivity (Wildman–Crippen MR) is 165 cm³/mol. The zero-order valence-corrected chi connectivity index (χ0v) is 25.0. The molecule has 1 saturated heterocycles. The lowest BCUT2D eigenvalue weighted by molar-refractivity contribution is -0.137. The smallest absolute Gasteiger partial charge is 0.379 e. The number of anilines is 1. The molecule has 0 unspecified atom stereocenters. The van der Waals surface area contributed by atoms with E-state index in [1.165, 1.54) is 6.07 Å². The van der Waals surface area contributed by atoms with Gasteiger partial charge in [0.05, 0.1) is 29.3 Å². The molecule has 0 saturated carbocycles. The average molecular weight is 628 g/mol. The van der Waals surface area contributed by atoms with Crippen LogP contribution >= 0.6 is 11.6 Å². The molecule has 12 heteroatoms. The zero-order chi connectivity index (χ0) is 31.4. The summed E-state index contributed by atoms with van der Waals surface area (Å²) >= 11 is 5.72. The summed E-state index contributed by atoms with van der Waals surface area (Å²) in [4.78, 5) is 33.9. The Kier molecular flexibility index (Phi) is 9.69. The van der Waals surface area contributed by atoms with Gasteiger partial charge in [-0.2, -0.15) is 13.2 Å². The van der Waals surface area contributed by atoms with Gasteiger partial charge >= 0.3 is 6.18 Å². The minimum Gasteiger partial charge on any atom is -0.379 e. The first-order chi connectivity index (χ1) is 21.0. The van der Waals surface area contributed by atoms with Crippen LogP contribution in [0.2, 0.25) is 5.02 Å². The maximum absolute atomic E-state index is 14.1. The van der Waals surface area contributed by atoms with Crippen molar-refractivity contribution in [3.63, 3.8) is 0 Å². The van der Waals surface area contributed by atoms with E-state index in [1.54, 1.807) is 35.0 Å². The number of nitrogens with zero attached hydrogens (tertiary/aromatic N) is 3. The summed E-state index contributed by atoms with van der Waals surface area (Å²) < 4.78 is 47.3. The van der Waals surface area contributed by atoms with Crippen LogP contribution < -0.4 is 16.6 Å². The summed E-state index contributed by atoms with van der Waals surface area (Å²) in [5.74, 6) is -0.738. The number of fused-ring (bicyclic) bond motifs is 1. The summed E-state index contributed by atoms with van der Waals surface area (Å²) in [6.07, 6.45) is -1.47. The number of hydrogen-bond donors (Lipinski definition) is 2. The van der Waals surface area contributed by atoms with Gasteiger partial charge in [0.25, 0.3) is 11.5 Å². The van der Waals surface area contributed by atoms with Crippen LogP contribution in [0.5, 0.6) is 0 Å². The number of halogens is 4. The van der Waals surface area contributed by atoms with E-state index in [0.29, 0.717) is 56.1 Å². The number of benzene rings is 2. The Bertz CT molecular complexity index is 1740. The number of aromatic nitrogens is 2. The maximum atomic E-state index is 14.1. The Hall–Kier alpha value is -3.77. The van der Waals surface area contributed by atoms with Crippen LogP contribution in [0, 0.1) is 6.92 Å². The number of pyridine rings is 2. The molecule has 0 bridgehead atoms. The fraction of sp³-hybridized carbons (Fsp3) is 0.344. The Morgan fingerprint density at radius 1 is 1.07 bits per heavy atom. The highest BCUT2D eigenvalue weighted by Gasteiger charge is 2.34. The minimum atomic E-state index is -4.71. The lowest BCUT2D eigenvalue weighted by atomic mass is 9.99. The number of carbonyl (C=O) groups is 1. The lowest BCUT2D eigenvalue weighted by Gasteiger charge is -2.27. The van der Waals surface area contributed by atoms with E-state index >= 15 is 0 Å². The summed E-state index contributed by atoms with van der Waals surface area (Å²) in [6.45, 7) is 6.38. The number of aryl methyl sites for hydroxylation is 2. The first-order valence-electron chi connectivity index (χ1n) is 14.4. The number of nitrogens with one attached hydrogen (secondary N) is 1. The summed E-state index contributed by atoms with van der Waals surface area (Å²) in [5, 5.41) is 2.95. The molecule has 4 aromatic rings. The Morgan fingerprint density at radius 3 is 2.57 bits per heavy atom. The molecular formula is C32H33ClF3N5O3. The second-order valence-corrected chi connectivity index (χ2v) is 11.2. The van der Waals surface area contributed by atoms with E-state index in [-0.39, 0.29) is 11.1 Å². The van der Waals surface area contributed by atoms with Gasteiger partial charge < -0.3 is 20.4 Å². The third-order valence-electron chi connectivity index (χ3n) is 7.73. The molecular weight excluding hydrogens is 595 g/mol. The molecule has 44 heavy (non-hydrogen) atoms. The number of morpholine rings is 1. The third-order valence-corrected chi connectivity index (χ3v) is 8.06. The molecule has 8 nitrogen and oxygen atoms in total. The Morgan fingerprint density at radius 2 is 1.84 bits per heavy atom. The number of carbonyl (C=O) groups excluding carboxylic acids is 1. The van der Waals surface area contributed by atoms with E-state index in [2.05, 4.69) is 15.2 Å². The van der Waals surface area contributed by atoms with Crippen molar-refractivity contribution in [2.24, 2.45) is 5.73 Å².